The van der Waals surface area contributed by atoms with Gasteiger partial charge in [0.2, 0.25) is 0 Å². The topological polar surface area (TPSA) is 65.1 Å². The number of urea groups is 1. The molecule has 1 fully saturated rings. The minimum atomic E-state index is -0.182. The van der Waals surface area contributed by atoms with Crippen LogP contribution in [-0.2, 0) is 4.74 Å². The molecule has 27 heavy (non-hydrogen) atoms. The van der Waals surface area contributed by atoms with Crippen LogP contribution in [-0.4, -0.2) is 92.7 Å². The molecule has 150 valence electrons. The highest BCUT2D eigenvalue weighted by atomic mass is 16.5. The maximum absolute atomic E-state index is 13.0. The molecule has 1 aliphatic rings. The number of ether oxygens (including phenoxy) is 1. The molecule has 0 aliphatic carbocycles. The summed E-state index contributed by atoms with van der Waals surface area (Å²) in [6, 6.07) is 7.55. The van der Waals surface area contributed by atoms with E-state index in [-0.39, 0.29) is 18.0 Å². The van der Waals surface area contributed by atoms with Gasteiger partial charge in [0.1, 0.15) is 0 Å². The van der Waals surface area contributed by atoms with E-state index in [9.17, 15) is 9.59 Å². The van der Waals surface area contributed by atoms with Crippen molar-refractivity contribution < 1.29 is 14.3 Å². The fourth-order valence-electron chi connectivity index (χ4n) is 3.00. The van der Waals surface area contributed by atoms with Gasteiger partial charge in [-0.15, -0.1) is 0 Å². The lowest BCUT2D eigenvalue weighted by molar-refractivity contribution is -0.0280. The molecule has 1 saturated heterocycles. The minimum Gasteiger partial charge on any atom is -0.373 e. The molecule has 0 unspecified atom stereocenters. The minimum absolute atomic E-state index is 0.00409. The second-order valence-corrected chi connectivity index (χ2v) is 7.19. The first-order chi connectivity index (χ1) is 12.9. The summed E-state index contributed by atoms with van der Waals surface area (Å²) in [5.74, 6) is -0.00409. The molecule has 1 aromatic rings. The number of hydrogen-bond donors (Lipinski definition) is 1. The van der Waals surface area contributed by atoms with Crippen molar-refractivity contribution in [3.05, 3.63) is 35.4 Å². The summed E-state index contributed by atoms with van der Waals surface area (Å²) >= 11 is 0. The number of hydrogen-bond acceptors (Lipinski definition) is 4. The zero-order chi connectivity index (χ0) is 19.8. The zero-order valence-corrected chi connectivity index (χ0v) is 16.9. The first-order valence-electron chi connectivity index (χ1n) is 9.55. The van der Waals surface area contributed by atoms with Crippen molar-refractivity contribution in [1.29, 1.82) is 0 Å². The van der Waals surface area contributed by atoms with Crippen molar-refractivity contribution >= 4 is 11.9 Å². The molecule has 1 atom stereocenters. The van der Waals surface area contributed by atoms with Crippen LogP contribution in [0.25, 0.3) is 0 Å². The summed E-state index contributed by atoms with van der Waals surface area (Å²) in [6.07, 6.45) is -0.182. The van der Waals surface area contributed by atoms with Gasteiger partial charge in [-0.2, -0.15) is 0 Å². The predicted molar refractivity (Wildman–Crippen MR) is 106 cm³/mol. The summed E-state index contributed by atoms with van der Waals surface area (Å²) in [5.41, 5.74) is 1.80. The Labute approximate surface area is 162 Å². The third-order valence-electron chi connectivity index (χ3n) is 4.58. The fraction of sp³-hybridized carbons (Fsp3) is 0.600. The summed E-state index contributed by atoms with van der Waals surface area (Å²) < 4.78 is 5.85. The van der Waals surface area contributed by atoms with E-state index >= 15 is 0 Å². The van der Waals surface area contributed by atoms with Gasteiger partial charge in [0.15, 0.2) is 0 Å². The number of aryl methyl sites for hydroxylation is 1. The molecular weight excluding hydrogens is 344 g/mol. The first kappa shape index (κ1) is 21.2. The van der Waals surface area contributed by atoms with Crippen LogP contribution >= 0.6 is 0 Å². The van der Waals surface area contributed by atoms with Gasteiger partial charge in [-0.3, -0.25) is 4.79 Å². The van der Waals surface area contributed by atoms with Gasteiger partial charge in [-0.1, -0.05) is 17.7 Å². The van der Waals surface area contributed by atoms with Gasteiger partial charge in [0.25, 0.3) is 5.91 Å². The highest BCUT2D eigenvalue weighted by molar-refractivity contribution is 5.94. The monoisotopic (exact) mass is 376 g/mol. The van der Waals surface area contributed by atoms with Crippen LogP contribution in [0.4, 0.5) is 4.79 Å². The molecule has 0 radical (unpaired) electrons. The van der Waals surface area contributed by atoms with Crippen molar-refractivity contribution in [2.75, 3.05) is 60.0 Å². The zero-order valence-electron chi connectivity index (χ0n) is 16.9. The van der Waals surface area contributed by atoms with Crippen LogP contribution in [0, 0.1) is 6.92 Å². The van der Waals surface area contributed by atoms with Crippen LogP contribution in [0.15, 0.2) is 24.3 Å². The normalized spacial score (nSPS) is 17.1. The second-order valence-electron chi connectivity index (χ2n) is 7.19. The lowest BCUT2D eigenvalue weighted by Crippen LogP contribution is -2.53. The molecule has 0 saturated carbocycles. The number of nitrogens with zero attached hydrogens (tertiary/aromatic N) is 3. The predicted octanol–water partition coefficient (Wildman–Crippen LogP) is 1.43. The average molecular weight is 377 g/mol. The van der Waals surface area contributed by atoms with Crippen LogP contribution < -0.4 is 5.32 Å². The Morgan fingerprint density at radius 2 is 1.93 bits per heavy atom. The SMILES string of the molecule is CCNC(=O)N1CCO[C@H](CN(CCN(C)C)C(=O)c2ccc(C)cc2)C1. The van der Waals surface area contributed by atoms with Crippen molar-refractivity contribution in [1.82, 2.24) is 20.0 Å². The summed E-state index contributed by atoms with van der Waals surface area (Å²) in [4.78, 5) is 30.8. The number of carbonyl (C=O) groups excluding carboxylic acids is 2. The van der Waals surface area contributed by atoms with Gasteiger partial charge in [0.05, 0.1) is 19.3 Å². The fourth-order valence-corrected chi connectivity index (χ4v) is 3.00. The average Bonchev–Trinajstić information content (AvgIpc) is 2.65. The molecule has 0 spiro atoms. The van der Waals surface area contributed by atoms with E-state index in [4.69, 9.17) is 4.74 Å². The quantitative estimate of drug-likeness (QED) is 0.782. The number of benzene rings is 1. The molecule has 1 aliphatic heterocycles. The largest absolute Gasteiger partial charge is 0.373 e. The lowest BCUT2D eigenvalue weighted by atomic mass is 10.1. The van der Waals surface area contributed by atoms with Crippen molar-refractivity contribution in [2.24, 2.45) is 0 Å². The maximum Gasteiger partial charge on any atom is 0.317 e. The Bertz CT molecular complexity index is 618. The van der Waals surface area contributed by atoms with E-state index in [0.29, 0.717) is 44.9 Å². The van der Waals surface area contributed by atoms with Crippen molar-refractivity contribution in [3.63, 3.8) is 0 Å². The Morgan fingerprint density at radius 3 is 2.56 bits per heavy atom. The lowest BCUT2D eigenvalue weighted by Gasteiger charge is -2.36. The Morgan fingerprint density at radius 1 is 1.22 bits per heavy atom. The van der Waals surface area contributed by atoms with E-state index in [1.165, 1.54) is 0 Å². The maximum atomic E-state index is 13.0. The van der Waals surface area contributed by atoms with Crippen LogP contribution in [0.1, 0.15) is 22.8 Å². The molecule has 3 amide bonds. The smallest absolute Gasteiger partial charge is 0.317 e. The van der Waals surface area contributed by atoms with Gasteiger partial charge < -0.3 is 24.8 Å². The standard InChI is InChI=1S/C20H32N4O3/c1-5-21-20(26)24-12-13-27-18(15-24)14-23(11-10-22(3)4)19(25)17-8-6-16(2)7-9-17/h6-9,18H,5,10-15H2,1-4H3,(H,21,26)/t18-/m1/s1. The van der Waals surface area contributed by atoms with Gasteiger partial charge >= 0.3 is 6.03 Å². The molecule has 7 nitrogen and oxygen atoms in total. The molecule has 1 N–H and O–H groups in total. The first-order valence-corrected chi connectivity index (χ1v) is 9.55. The van der Waals surface area contributed by atoms with Gasteiger partial charge in [0, 0.05) is 38.3 Å². The Balaban J connectivity index is 2.05. The van der Waals surface area contributed by atoms with Crippen LogP contribution in [0.2, 0.25) is 0 Å². The number of likely N-dealkylation sites (N-methyl/N-ethyl adjacent to an activating group) is 1. The molecule has 7 heteroatoms. The molecule has 0 bridgehead atoms. The number of rotatable bonds is 7. The van der Waals surface area contributed by atoms with E-state index in [1.54, 1.807) is 4.90 Å². The summed E-state index contributed by atoms with van der Waals surface area (Å²) in [5, 5.41) is 2.83. The summed E-state index contributed by atoms with van der Waals surface area (Å²) in [7, 11) is 3.98. The number of nitrogens with one attached hydrogen (secondary N) is 1. The summed E-state index contributed by atoms with van der Waals surface area (Å²) in [6.45, 7) is 7.91. The molecule has 1 aromatic carbocycles. The molecule has 2 rings (SSSR count). The van der Waals surface area contributed by atoms with Crippen LogP contribution in [0.5, 0.6) is 0 Å². The molecular formula is C20H32N4O3. The highest BCUT2D eigenvalue weighted by Crippen LogP contribution is 2.12. The van der Waals surface area contributed by atoms with Crippen LogP contribution in [0.3, 0.4) is 0 Å². The highest BCUT2D eigenvalue weighted by Gasteiger charge is 2.27. The third-order valence-corrected chi connectivity index (χ3v) is 4.58. The van der Waals surface area contributed by atoms with Gasteiger partial charge in [-0.25, -0.2) is 4.79 Å². The van der Waals surface area contributed by atoms with Gasteiger partial charge in [-0.05, 0) is 40.1 Å². The van der Waals surface area contributed by atoms with E-state index in [1.807, 2.05) is 57.1 Å². The van der Waals surface area contributed by atoms with Crippen molar-refractivity contribution in [2.45, 2.75) is 20.0 Å². The number of carbonyl (C=O) groups is 2. The Kier molecular flexibility index (Phi) is 8.06. The second kappa shape index (κ2) is 10.3. The van der Waals surface area contributed by atoms with E-state index in [2.05, 4.69) is 10.2 Å². The van der Waals surface area contributed by atoms with Crippen molar-refractivity contribution in [3.8, 4) is 0 Å². The molecule has 0 aromatic heterocycles. The van der Waals surface area contributed by atoms with E-state index < -0.39 is 0 Å². The number of amides is 3. The van der Waals surface area contributed by atoms with E-state index in [0.717, 1.165) is 12.1 Å². The molecule has 1 heterocycles. The number of morpholine rings is 1. The Hall–Kier alpha value is -2.12. The third kappa shape index (κ3) is 6.52.